The number of carbonyl (C=O) groups is 4. The SMILES string of the molecule is Cc1ncsc1-c1ccc(CNC(=O)[C@@H]2C[C@@H](O)CN2C(=O)[C@@H](NC(=O)COCCOCCc2ccc(CO[C@H](C)[C@@H](N)CCC(N)=O)cc2)C(C)(C)C)cc1. The number of hydrogen-bond donors (Lipinski definition) is 5. The van der Waals surface area contributed by atoms with Crippen LogP contribution < -0.4 is 22.1 Å². The Labute approximate surface area is 333 Å². The van der Waals surface area contributed by atoms with Crippen LogP contribution in [0.25, 0.3) is 10.4 Å². The van der Waals surface area contributed by atoms with Gasteiger partial charge in [-0.25, -0.2) is 4.98 Å². The Morgan fingerprint density at radius 3 is 2.30 bits per heavy atom. The van der Waals surface area contributed by atoms with E-state index in [1.54, 1.807) is 11.3 Å². The predicted octanol–water partition coefficient (Wildman–Crippen LogP) is 3.00. The van der Waals surface area contributed by atoms with Gasteiger partial charge in [0.25, 0.3) is 0 Å². The average Bonchev–Trinajstić information content (AvgIpc) is 3.78. The number of aliphatic hydroxyl groups is 1. The van der Waals surface area contributed by atoms with E-state index in [2.05, 4.69) is 15.6 Å². The molecule has 56 heavy (non-hydrogen) atoms. The highest BCUT2D eigenvalue weighted by atomic mass is 32.1. The molecule has 4 rings (SSSR count). The van der Waals surface area contributed by atoms with E-state index in [4.69, 9.17) is 25.7 Å². The first kappa shape index (κ1) is 44.5. The third-order valence-corrected chi connectivity index (χ3v) is 10.7. The highest BCUT2D eigenvalue weighted by molar-refractivity contribution is 7.13. The molecule has 1 fully saturated rings. The van der Waals surface area contributed by atoms with Crippen molar-refractivity contribution in [2.75, 3.05) is 33.0 Å². The monoisotopic (exact) mass is 794 g/mol. The molecule has 7 N–H and O–H groups in total. The number of primary amides is 1. The fourth-order valence-electron chi connectivity index (χ4n) is 6.25. The van der Waals surface area contributed by atoms with Crippen molar-refractivity contribution in [1.82, 2.24) is 20.5 Å². The van der Waals surface area contributed by atoms with E-state index in [0.29, 0.717) is 26.1 Å². The molecule has 2 heterocycles. The van der Waals surface area contributed by atoms with E-state index in [-0.39, 0.29) is 69.7 Å². The highest BCUT2D eigenvalue weighted by Crippen LogP contribution is 2.28. The number of aryl methyl sites for hydroxylation is 1. The van der Waals surface area contributed by atoms with Crippen LogP contribution in [-0.2, 0) is 53.0 Å². The molecule has 0 aliphatic carbocycles. The average molecular weight is 795 g/mol. The minimum Gasteiger partial charge on any atom is -0.391 e. The lowest BCUT2D eigenvalue weighted by Gasteiger charge is -2.35. The standard InChI is InChI=1S/C41H58N6O8S/c1-26-37(56-25-45-26)31-12-10-29(11-13-31)21-44-39(51)34-20-32(48)22-47(34)40(52)38(41(3,4)5)46-36(50)24-54-19-18-53-17-16-28-6-8-30(9-7-28)23-55-27(2)33(42)14-15-35(43)49/h6-13,25,27,32-34,38,48H,14-24,42H2,1-5H3,(H2,43,49)(H,44,51)(H,46,50)/t27-,32-,33+,34+,38-/m1/s1. The van der Waals surface area contributed by atoms with Gasteiger partial charge in [0.05, 0.1) is 54.7 Å². The maximum absolute atomic E-state index is 13.9. The van der Waals surface area contributed by atoms with Gasteiger partial charge in [-0.15, -0.1) is 11.3 Å². The van der Waals surface area contributed by atoms with Gasteiger partial charge < -0.3 is 46.3 Å². The molecule has 0 bridgehead atoms. The quantitative estimate of drug-likeness (QED) is 0.0997. The predicted molar refractivity (Wildman–Crippen MR) is 214 cm³/mol. The molecule has 1 aromatic heterocycles. The van der Waals surface area contributed by atoms with Crippen molar-refractivity contribution in [3.05, 3.63) is 76.4 Å². The molecule has 14 nitrogen and oxygen atoms in total. The van der Waals surface area contributed by atoms with Gasteiger partial charge in [-0.05, 0) is 54.4 Å². The third-order valence-electron chi connectivity index (χ3n) is 9.71. The number of likely N-dealkylation sites (tertiary alicyclic amines) is 1. The summed E-state index contributed by atoms with van der Waals surface area (Å²) in [5.74, 6) is -1.65. The first-order valence-electron chi connectivity index (χ1n) is 19.1. The summed E-state index contributed by atoms with van der Waals surface area (Å²) in [4.78, 5) is 57.9. The Bertz CT molecular complexity index is 1730. The highest BCUT2D eigenvalue weighted by Gasteiger charge is 2.44. The smallest absolute Gasteiger partial charge is 0.246 e. The van der Waals surface area contributed by atoms with E-state index in [9.17, 15) is 24.3 Å². The number of β-amino-alcohol motifs (C(OH)–C–C–N with tert-alkyl or cyclic N) is 1. The molecular weight excluding hydrogens is 737 g/mol. The summed E-state index contributed by atoms with van der Waals surface area (Å²) in [7, 11) is 0. The number of amides is 4. The molecule has 0 radical (unpaired) electrons. The van der Waals surface area contributed by atoms with E-state index < -0.39 is 35.4 Å². The molecule has 1 aliphatic rings. The molecular formula is C41H58N6O8S. The lowest BCUT2D eigenvalue weighted by Crippen LogP contribution is -2.58. The number of nitrogens with two attached hydrogens (primary N) is 2. The van der Waals surface area contributed by atoms with E-state index in [0.717, 1.165) is 32.8 Å². The van der Waals surface area contributed by atoms with Crippen LogP contribution in [0, 0.1) is 12.3 Å². The first-order chi connectivity index (χ1) is 26.6. The van der Waals surface area contributed by atoms with E-state index in [1.165, 1.54) is 4.90 Å². The number of nitrogens with one attached hydrogen (secondary N) is 2. The Hall–Kier alpha value is -4.25. The maximum Gasteiger partial charge on any atom is 0.246 e. The van der Waals surface area contributed by atoms with Crippen molar-refractivity contribution in [2.45, 2.75) is 104 Å². The summed E-state index contributed by atoms with van der Waals surface area (Å²) in [5.41, 5.74) is 17.4. The van der Waals surface area contributed by atoms with Crippen LogP contribution in [0.4, 0.5) is 0 Å². The Morgan fingerprint density at radius 1 is 1.00 bits per heavy atom. The summed E-state index contributed by atoms with van der Waals surface area (Å²) < 4.78 is 17.1. The van der Waals surface area contributed by atoms with Crippen LogP contribution in [0.5, 0.6) is 0 Å². The van der Waals surface area contributed by atoms with Gasteiger partial charge in [0.2, 0.25) is 23.6 Å². The molecule has 0 saturated carbocycles. The number of benzene rings is 2. The summed E-state index contributed by atoms with van der Waals surface area (Å²) in [6.07, 6.45) is 0.431. The van der Waals surface area contributed by atoms with Crippen LogP contribution in [0.3, 0.4) is 0 Å². The Morgan fingerprint density at radius 2 is 1.66 bits per heavy atom. The zero-order valence-electron chi connectivity index (χ0n) is 33.1. The molecule has 15 heteroatoms. The molecule has 4 amide bonds. The molecule has 0 spiro atoms. The molecule has 0 unspecified atom stereocenters. The van der Waals surface area contributed by atoms with Crippen LogP contribution in [0.1, 0.15) is 69.3 Å². The van der Waals surface area contributed by atoms with Gasteiger partial charge >= 0.3 is 0 Å². The Kier molecular flexibility index (Phi) is 16.9. The number of thiazole rings is 1. The zero-order chi connectivity index (χ0) is 40.8. The van der Waals surface area contributed by atoms with Crippen LogP contribution >= 0.6 is 11.3 Å². The lowest BCUT2D eigenvalue weighted by atomic mass is 9.85. The van der Waals surface area contributed by atoms with Crippen molar-refractivity contribution in [1.29, 1.82) is 0 Å². The second kappa shape index (κ2) is 21.3. The number of aliphatic hydroxyl groups excluding tert-OH is 1. The Balaban J connectivity index is 1.16. The van der Waals surface area contributed by atoms with Crippen molar-refractivity contribution in [3.63, 3.8) is 0 Å². The van der Waals surface area contributed by atoms with Crippen LogP contribution in [-0.4, -0.2) is 102 Å². The van der Waals surface area contributed by atoms with Gasteiger partial charge in [0.1, 0.15) is 18.7 Å². The van der Waals surface area contributed by atoms with E-state index in [1.807, 2.05) is 88.7 Å². The molecule has 1 saturated heterocycles. The van der Waals surface area contributed by atoms with Gasteiger partial charge in [-0.2, -0.15) is 0 Å². The topological polar surface area (TPSA) is 208 Å². The fraction of sp³-hybridized carbons (Fsp3) is 0.537. The maximum atomic E-state index is 13.9. The first-order valence-corrected chi connectivity index (χ1v) is 19.9. The van der Waals surface area contributed by atoms with Crippen molar-refractivity contribution >= 4 is 35.0 Å². The van der Waals surface area contributed by atoms with Crippen LogP contribution in [0.2, 0.25) is 0 Å². The largest absolute Gasteiger partial charge is 0.391 e. The third kappa shape index (κ3) is 13.7. The minimum absolute atomic E-state index is 0.01000. The number of hydrogen-bond acceptors (Lipinski definition) is 11. The molecule has 1 aliphatic heterocycles. The van der Waals surface area contributed by atoms with Gasteiger partial charge in [-0.3, -0.25) is 19.2 Å². The van der Waals surface area contributed by atoms with Crippen LogP contribution in [0.15, 0.2) is 54.0 Å². The number of aromatic nitrogens is 1. The number of ether oxygens (including phenoxy) is 3. The summed E-state index contributed by atoms with van der Waals surface area (Å²) in [6, 6.07) is 13.8. The number of nitrogens with zero attached hydrogens (tertiary/aromatic N) is 2. The van der Waals surface area contributed by atoms with E-state index >= 15 is 0 Å². The number of carbonyl (C=O) groups excluding carboxylic acids is 4. The zero-order valence-corrected chi connectivity index (χ0v) is 33.9. The van der Waals surface area contributed by atoms with Gasteiger partial charge in [0.15, 0.2) is 0 Å². The summed E-state index contributed by atoms with van der Waals surface area (Å²) in [6.45, 7) is 10.7. The van der Waals surface area contributed by atoms with Crippen molar-refractivity contribution in [3.8, 4) is 10.4 Å². The van der Waals surface area contributed by atoms with Crippen molar-refractivity contribution < 1.29 is 38.5 Å². The molecule has 306 valence electrons. The van der Waals surface area contributed by atoms with Crippen molar-refractivity contribution in [2.24, 2.45) is 16.9 Å². The van der Waals surface area contributed by atoms with Gasteiger partial charge in [0, 0.05) is 32.0 Å². The fourth-order valence-corrected chi connectivity index (χ4v) is 7.07. The summed E-state index contributed by atoms with van der Waals surface area (Å²) in [5, 5.41) is 16.2. The second-order valence-electron chi connectivity index (χ2n) is 15.4. The molecule has 3 aromatic rings. The molecule has 2 aromatic carbocycles. The number of rotatable bonds is 21. The second-order valence-corrected chi connectivity index (χ2v) is 16.2. The normalized spacial score (nSPS) is 17.3. The van der Waals surface area contributed by atoms with Gasteiger partial charge in [-0.1, -0.05) is 69.3 Å². The lowest BCUT2D eigenvalue weighted by molar-refractivity contribution is -0.144. The minimum atomic E-state index is -0.953. The summed E-state index contributed by atoms with van der Waals surface area (Å²) >= 11 is 1.57. The molecule has 5 atom stereocenters.